The van der Waals surface area contributed by atoms with Crippen molar-refractivity contribution >= 4 is 44.9 Å². The van der Waals surface area contributed by atoms with Crippen molar-refractivity contribution in [3.05, 3.63) is 265 Å². The molecule has 0 spiro atoms. The zero-order valence-electron chi connectivity index (χ0n) is 41.4. The average molecular weight is 937 g/mol. The third-order valence-corrected chi connectivity index (χ3v) is 16.0. The van der Waals surface area contributed by atoms with Gasteiger partial charge in [-0.3, -0.25) is 0 Å². The molecule has 3 aliphatic rings. The molecule has 0 unspecified atom stereocenters. The Bertz CT molecular complexity index is 3790. The lowest BCUT2D eigenvalue weighted by molar-refractivity contribution is 0.488. The molecule has 1 heterocycles. The van der Waals surface area contributed by atoms with Crippen molar-refractivity contribution in [2.24, 2.45) is 0 Å². The minimum Gasteiger partial charge on any atom is -0.454 e. The maximum absolute atomic E-state index is 7.39. The lowest BCUT2D eigenvalue weighted by atomic mass is 9.79. The Balaban J connectivity index is 0.937. The van der Waals surface area contributed by atoms with E-state index in [4.69, 9.17) is 4.74 Å². The highest BCUT2D eigenvalue weighted by Crippen LogP contribution is 2.58. The minimum absolute atomic E-state index is 0.135. The van der Waals surface area contributed by atoms with Crippen molar-refractivity contribution < 1.29 is 4.74 Å². The summed E-state index contributed by atoms with van der Waals surface area (Å²) in [5.74, 6) is 1.65. The molecule has 0 atom stereocenters. The SMILES string of the molecule is CC1(C)c2ccccc2-c2cccc(-c3ccc(N(c4ccc(-c5cccc6c5C(C)(C)c5ccccc5-6)cc4)c4ccc5cccc6c5c4Oc4cccc(N(c5ccccc5)c5ccccc5)c4-6)cc3)c21. The average Bonchev–Trinajstić information content (AvgIpc) is 3.83. The Morgan fingerprint density at radius 2 is 0.740 bits per heavy atom. The standard InChI is InChI=1S/C70H52N2O/c1-69(2)59-31-13-11-24-54(59)56-28-16-26-52(66(56)69)45-35-40-50(41-36-45)72(51-42-37-46(38-43-51)53-27-17-29-57-55-25-12-14-32-60(55)70(3,4)67(53)57)62-44-39-47-19-15-30-58-64(47)68(62)73-63-34-18-33-61(65(58)63)71(48-20-7-5-8-21-48)49-22-9-6-10-23-49/h5-44H,1-4H3. The summed E-state index contributed by atoms with van der Waals surface area (Å²) in [6, 6.07) is 88.6. The largest absolute Gasteiger partial charge is 0.454 e. The number of para-hydroxylation sites is 2. The highest BCUT2D eigenvalue weighted by molar-refractivity contribution is 6.11. The second kappa shape index (κ2) is 16.3. The Morgan fingerprint density at radius 3 is 1.29 bits per heavy atom. The monoisotopic (exact) mass is 936 g/mol. The molecule has 0 bridgehead atoms. The topological polar surface area (TPSA) is 15.7 Å². The summed E-state index contributed by atoms with van der Waals surface area (Å²) in [7, 11) is 0. The first-order valence-corrected chi connectivity index (χ1v) is 25.5. The van der Waals surface area contributed by atoms with Gasteiger partial charge in [0.2, 0.25) is 0 Å². The Labute approximate surface area is 427 Å². The molecule has 0 saturated carbocycles. The van der Waals surface area contributed by atoms with Gasteiger partial charge >= 0.3 is 0 Å². The minimum atomic E-state index is -0.135. The Morgan fingerprint density at radius 1 is 0.315 bits per heavy atom. The highest BCUT2D eigenvalue weighted by atomic mass is 16.5. The molecule has 73 heavy (non-hydrogen) atoms. The summed E-state index contributed by atoms with van der Waals surface area (Å²) >= 11 is 0. The molecule has 0 saturated heterocycles. The number of anilines is 6. The van der Waals surface area contributed by atoms with Gasteiger partial charge in [-0.05, 0) is 144 Å². The third-order valence-electron chi connectivity index (χ3n) is 16.0. The number of hydrogen-bond donors (Lipinski definition) is 0. The van der Waals surface area contributed by atoms with Crippen LogP contribution in [0.25, 0.3) is 66.4 Å². The van der Waals surface area contributed by atoms with Crippen molar-refractivity contribution in [3.8, 4) is 67.1 Å². The van der Waals surface area contributed by atoms with Crippen molar-refractivity contribution in [2.75, 3.05) is 9.80 Å². The predicted molar refractivity (Wildman–Crippen MR) is 305 cm³/mol. The van der Waals surface area contributed by atoms with Crippen molar-refractivity contribution in [2.45, 2.75) is 38.5 Å². The molecule has 2 aliphatic carbocycles. The molecular formula is C70H52N2O. The zero-order chi connectivity index (χ0) is 49.0. The fourth-order valence-corrected chi connectivity index (χ4v) is 12.8. The van der Waals surface area contributed by atoms with Gasteiger partial charge in [-0.1, -0.05) is 204 Å². The number of ether oxygens (including phenoxy) is 1. The fraction of sp³-hybridized carbons (Fsp3) is 0.0857. The zero-order valence-corrected chi connectivity index (χ0v) is 41.4. The quantitative estimate of drug-likeness (QED) is 0.151. The van der Waals surface area contributed by atoms with E-state index < -0.39 is 0 Å². The van der Waals surface area contributed by atoms with Crippen LogP contribution in [0.4, 0.5) is 34.1 Å². The first-order valence-electron chi connectivity index (χ1n) is 25.5. The lowest BCUT2D eigenvalue weighted by Crippen LogP contribution is -2.16. The summed E-state index contributed by atoms with van der Waals surface area (Å²) < 4.78 is 7.39. The Kier molecular flexibility index (Phi) is 9.59. The second-order valence-electron chi connectivity index (χ2n) is 20.8. The molecule has 348 valence electrons. The van der Waals surface area contributed by atoms with Crippen LogP contribution in [0.2, 0.25) is 0 Å². The van der Waals surface area contributed by atoms with Gasteiger partial charge in [0, 0.05) is 44.5 Å². The summed E-state index contributed by atoms with van der Waals surface area (Å²) in [5, 5.41) is 2.21. The van der Waals surface area contributed by atoms with E-state index in [1.807, 2.05) is 0 Å². The molecule has 3 heteroatoms. The fourth-order valence-electron chi connectivity index (χ4n) is 12.8. The van der Waals surface area contributed by atoms with Crippen molar-refractivity contribution in [1.29, 1.82) is 0 Å². The maximum Gasteiger partial charge on any atom is 0.159 e. The van der Waals surface area contributed by atoms with E-state index in [1.165, 1.54) is 66.8 Å². The van der Waals surface area contributed by atoms with E-state index in [0.717, 1.165) is 67.5 Å². The predicted octanol–water partition coefficient (Wildman–Crippen LogP) is 19.5. The number of hydrogen-bond acceptors (Lipinski definition) is 3. The second-order valence-corrected chi connectivity index (χ2v) is 20.8. The summed E-state index contributed by atoms with van der Waals surface area (Å²) in [5.41, 5.74) is 23.9. The molecule has 11 aromatic rings. The molecule has 3 nitrogen and oxygen atoms in total. The van der Waals surface area contributed by atoms with E-state index in [0.29, 0.717) is 0 Å². The van der Waals surface area contributed by atoms with E-state index in [1.54, 1.807) is 0 Å². The summed E-state index contributed by atoms with van der Waals surface area (Å²) in [4.78, 5) is 4.73. The van der Waals surface area contributed by atoms with Crippen molar-refractivity contribution in [1.82, 2.24) is 0 Å². The lowest BCUT2D eigenvalue weighted by Gasteiger charge is -2.33. The Hall–Kier alpha value is -8.92. The van der Waals surface area contributed by atoms with Gasteiger partial charge in [0.25, 0.3) is 0 Å². The first-order chi connectivity index (χ1) is 35.8. The molecule has 11 aromatic carbocycles. The summed E-state index contributed by atoms with van der Waals surface area (Å²) in [6.07, 6.45) is 0. The molecule has 0 aromatic heterocycles. The van der Waals surface area contributed by atoms with E-state index in [9.17, 15) is 0 Å². The van der Waals surface area contributed by atoms with Gasteiger partial charge in [0.1, 0.15) is 5.75 Å². The van der Waals surface area contributed by atoms with Gasteiger partial charge in [0.05, 0.1) is 11.4 Å². The molecular weight excluding hydrogens is 885 g/mol. The van der Waals surface area contributed by atoms with E-state index >= 15 is 0 Å². The summed E-state index contributed by atoms with van der Waals surface area (Å²) in [6.45, 7) is 9.47. The van der Waals surface area contributed by atoms with E-state index in [2.05, 4.69) is 280 Å². The number of benzene rings is 11. The van der Waals surface area contributed by atoms with Crippen LogP contribution in [0.5, 0.6) is 11.5 Å². The molecule has 0 radical (unpaired) electrons. The third kappa shape index (κ3) is 6.51. The molecule has 1 aliphatic heterocycles. The van der Waals surface area contributed by atoms with E-state index in [-0.39, 0.29) is 10.8 Å². The van der Waals surface area contributed by atoms with Gasteiger partial charge in [0.15, 0.2) is 5.75 Å². The van der Waals surface area contributed by atoms with Crippen LogP contribution >= 0.6 is 0 Å². The molecule has 0 N–H and O–H groups in total. The normalized spacial score (nSPS) is 13.8. The molecule has 14 rings (SSSR count). The van der Waals surface area contributed by atoms with Gasteiger partial charge < -0.3 is 14.5 Å². The number of rotatable bonds is 8. The number of fused-ring (bicyclic) bond motifs is 8. The molecule has 0 fully saturated rings. The van der Waals surface area contributed by atoms with Crippen LogP contribution in [0.1, 0.15) is 49.9 Å². The van der Waals surface area contributed by atoms with Crippen LogP contribution in [0, 0.1) is 0 Å². The van der Waals surface area contributed by atoms with Crippen LogP contribution in [-0.2, 0) is 10.8 Å². The smallest absolute Gasteiger partial charge is 0.159 e. The van der Waals surface area contributed by atoms with Gasteiger partial charge in [-0.2, -0.15) is 0 Å². The van der Waals surface area contributed by atoms with Crippen LogP contribution < -0.4 is 14.5 Å². The number of nitrogens with zero attached hydrogens (tertiary/aromatic N) is 2. The first kappa shape index (κ1) is 42.9. The van der Waals surface area contributed by atoms with Crippen molar-refractivity contribution in [3.63, 3.8) is 0 Å². The van der Waals surface area contributed by atoms with Crippen LogP contribution in [0.15, 0.2) is 243 Å². The van der Waals surface area contributed by atoms with Gasteiger partial charge in [-0.15, -0.1) is 0 Å². The maximum atomic E-state index is 7.39. The van der Waals surface area contributed by atoms with Crippen LogP contribution in [0.3, 0.4) is 0 Å². The van der Waals surface area contributed by atoms with Crippen LogP contribution in [-0.4, -0.2) is 0 Å². The molecule has 0 amide bonds. The highest BCUT2D eigenvalue weighted by Gasteiger charge is 2.39. The van der Waals surface area contributed by atoms with Gasteiger partial charge in [-0.25, -0.2) is 0 Å².